The van der Waals surface area contributed by atoms with Gasteiger partial charge in [0.2, 0.25) is 5.91 Å². The number of anilines is 3. The van der Waals surface area contributed by atoms with Crippen LogP contribution in [0.5, 0.6) is 5.75 Å². The molecule has 1 atom stereocenters. The number of phenols is 1. The minimum Gasteiger partial charge on any atom is -0.508 e. The zero-order valence-electron chi connectivity index (χ0n) is 12.5. The molecule has 0 bridgehead atoms. The van der Waals surface area contributed by atoms with E-state index in [4.69, 9.17) is 0 Å². The Bertz CT molecular complexity index is 770. The molecule has 0 saturated carbocycles. The van der Waals surface area contributed by atoms with E-state index in [0.29, 0.717) is 6.42 Å². The minimum absolute atomic E-state index is 0.0270. The van der Waals surface area contributed by atoms with Gasteiger partial charge in [0.05, 0.1) is 17.8 Å². The van der Waals surface area contributed by atoms with Crippen molar-refractivity contribution < 1.29 is 9.90 Å². The molecule has 2 aliphatic rings. The van der Waals surface area contributed by atoms with E-state index in [1.807, 2.05) is 26.2 Å². The maximum atomic E-state index is 11.8. The smallest absolute Gasteiger partial charge is 0.231 e. The Morgan fingerprint density at radius 3 is 2.59 bits per heavy atom. The van der Waals surface area contributed by atoms with Crippen LogP contribution in [0.25, 0.3) is 0 Å². The standard InChI is InChI=1S/C17H17N3O2/c1-19-14-9-15-13(7-11(14)8-16(19)22)18-17(20(15)2)10-3-5-12(21)6-4-10/h3-7,9,17-18,21H,8H2,1-2H3. The lowest BCUT2D eigenvalue weighted by atomic mass is 10.1. The normalized spacial score (nSPS) is 19.2. The highest BCUT2D eigenvalue weighted by molar-refractivity contribution is 6.03. The SMILES string of the molecule is CN1C(=O)Cc2cc3c(cc21)N(C)C(c1ccc(O)cc1)N3. The third kappa shape index (κ3) is 1.75. The van der Waals surface area contributed by atoms with E-state index in [-0.39, 0.29) is 17.8 Å². The van der Waals surface area contributed by atoms with Crippen molar-refractivity contribution in [3.63, 3.8) is 0 Å². The van der Waals surface area contributed by atoms with Gasteiger partial charge in [0, 0.05) is 19.8 Å². The third-order valence-corrected chi connectivity index (χ3v) is 4.54. The summed E-state index contributed by atoms with van der Waals surface area (Å²) in [7, 11) is 3.85. The van der Waals surface area contributed by atoms with Crippen LogP contribution in [0, 0.1) is 0 Å². The Morgan fingerprint density at radius 1 is 1.14 bits per heavy atom. The van der Waals surface area contributed by atoms with Crippen LogP contribution in [0.15, 0.2) is 36.4 Å². The molecule has 1 unspecified atom stereocenters. The van der Waals surface area contributed by atoms with Gasteiger partial charge >= 0.3 is 0 Å². The van der Waals surface area contributed by atoms with E-state index in [0.717, 1.165) is 28.2 Å². The largest absolute Gasteiger partial charge is 0.508 e. The number of phenolic OH excluding ortho intramolecular Hbond substituents is 1. The van der Waals surface area contributed by atoms with Crippen molar-refractivity contribution in [2.75, 3.05) is 29.2 Å². The van der Waals surface area contributed by atoms with Crippen LogP contribution in [-0.4, -0.2) is 25.1 Å². The van der Waals surface area contributed by atoms with E-state index in [9.17, 15) is 9.90 Å². The Morgan fingerprint density at radius 2 is 1.86 bits per heavy atom. The van der Waals surface area contributed by atoms with Gasteiger partial charge in [-0.05, 0) is 35.4 Å². The second-order valence-electron chi connectivity index (χ2n) is 5.88. The molecule has 4 rings (SSSR count). The number of hydrogen-bond donors (Lipinski definition) is 2. The van der Waals surface area contributed by atoms with Crippen molar-refractivity contribution in [3.05, 3.63) is 47.5 Å². The number of carbonyl (C=O) groups excluding carboxylic acids is 1. The van der Waals surface area contributed by atoms with Gasteiger partial charge in [0.15, 0.2) is 0 Å². The van der Waals surface area contributed by atoms with Crippen LogP contribution in [-0.2, 0) is 11.2 Å². The first-order chi connectivity index (χ1) is 10.5. The number of benzene rings is 2. The molecule has 0 radical (unpaired) electrons. The van der Waals surface area contributed by atoms with E-state index in [1.54, 1.807) is 17.0 Å². The van der Waals surface area contributed by atoms with Gasteiger partial charge in [0.1, 0.15) is 11.9 Å². The average Bonchev–Trinajstić information content (AvgIpc) is 2.96. The van der Waals surface area contributed by atoms with Crippen molar-refractivity contribution in [3.8, 4) is 5.75 Å². The molecule has 5 heteroatoms. The zero-order valence-corrected chi connectivity index (χ0v) is 12.5. The summed E-state index contributed by atoms with van der Waals surface area (Å²) in [5, 5.41) is 12.9. The van der Waals surface area contributed by atoms with Crippen molar-refractivity contribution in [1.29, 1.82) is 0 Å². The summed E-state index contributed by atoms with van der Waals surface area (Å²) < 4.78 is 0. The number of nitrogens with one attached hydrogen (secondary N) is 1. The fourth-order valence-corrected chi connectivity index (χ4v) is 3.25. The number of carbonyl (C=O) groups is 1. The first-order valence-electron chi connectivity index (χ1n) is 7.26. The number of aromatic hydroxyl groups is 1. The topological polar surface area (TPSA) is 55.8 Å². The van der Waals surface area contributed by atoms with Crippen molar-refractivity contribution in [2.24, 2.45) is 0 Å². The summed E-state index contributed by atoms with van der Waals surface area (Å²) >= 11 is 0. The molecule has 1 amide bonds. The monoisotopic (exact) mass is 295 g/mol. The highest BCUT2D eigenvalue weighted by atomic mass is 16.3. The quantitative estimate of drug-likeness (QED) is 0.848. The minimum atomic E-state index is 0.0270. The molecule has 0 aliphatic carbocycles. The predicted octanol–water partition coefficient (Wildman–Crippen LogP) is 2.47. The highest BCUT2D eigenvalue weighted by Crippen LogP contribution is 2.45. The summed E-state index contributed by atoms with van der Waals surface area (Å²) in [4.78, 5) is 15.7. The average molecular weight is 295 g/mol. The van der Waals surface area contributed by atoms with E-state index in [2.05, 4.69) is 22.3 Å². The summed E-state index contributed by atoms with van der Waals surface area (Å²) in [5.41, 5.74) is 5.27. The molecule has 2 aliphatic heterocycles. The Kier molecular flexibility index (Phi) is 2.60. The molecule has 2 aromatic rings. The highest BCUT2D eigenvalue weighted by Gasteiger charge is 2.32. The van der Waals surface area contributed by atoms with Crippen LogP contribution >= 0.6 is 0 Å². The van der Waals surface area contributed by atoms with Crippen molar-refractivity contribution >= 4 is 23.0 Å². The number of amides is 1. The fourth-order valence-electron chi connectivity index (χ4n) is 3.25. The first-order valence-corrected chi connectivity index (χ1v) is 7.26. The Balaban J connectivity index is 1.72. The van der Waals surface area contributed by atoms with Crippen molar-refractivity contribution in [1.82, 2.24) is 0 Å². The molecule has 22 heavy (non-hydrogen) atoms. The number of nitrogens with zero attached hydrogens (tertiary/aromatic N) is 2. The lowest BCUT2D eigenvalue weighted by Crippen LogP contribution is -2.24. The van der Waals surface area contributed by atoms with Gasteiger partial charge in [-0.2, -0.15) is 0 Å². The Hall–Kier alpha value is -2.69. The Labute approximate surface area is 128 Å². The molecule has 2 aromatic carbocycles. The lowest BCUT2D eigenvalue weighted by molar-refractivity contribution is -0.117. The summed E-state index contributed by atoms with van der Waals surface area (Å²) in [5.74, 6) is 0.400. The molecule has 0 aromatic heterocycles. The number of likely N-dealkylation sites (N-methyl/N-ethyl adjacent to an activating group) is 1. The number of rotatable bonds is 1. The summed E-state index contributed by atoms with van der Waals surface area (Å²) in [6.07, 6.45) is 0.494. The number of fused-ring (bicyclic) bond motifs is 2. The molecule has 0 spiro atoms. The maximum Gasteiger partial charge on any atom is 0.231 e. The third-order valence-electron chi connectivity index (χ3n) is 4.54. The van der Waals surface area contributed by atoms with Crippen molar-refractivity contribution in [2.45, 2.75) is 12.6 Å². The molecule has 112 valence electrons. The molecule has 5 nitrogen and oxygen atoms in total. The summed E-state index contributed by atoms with van der Waals surface area (Å²) in [6.45, 7) is 0. The molecule has 2 heterocycles. The lowest BCUT2D eigenvalue weighted by Gasteiger charge is -2.23. The van der Waals surface area contributed by atoms with E-state index in [1.165, 1.54) is 0 Å². The molecule has 2 N–H and O–H groups in total. The van der Waals surface area contributed by atoms with Gasteiger partial charge in [-0.1, -0.05) is 12.1 Å². The molecule has 0 fully saturated rings. The zero-order chi connectivity index (χ0) is 15.4. The van der Waals surface area contributed by atoms with E-state index >= 15 is 0 Å². The van der Waals surface area contributed by atoms with Gasteiger partial charge in [0.25, 0.3) is 0 Å². The summed E-state index contributed by atoms with van der Waals surface area (Å²) in [6, 6.07) is 11.4. The fraction of sp³-hybridized carbons (Fsp3) is 0.235. The van der Waals surface area contributed by atoms with Crippen LogP contribution in [0.1, 0.15) is 17.3 Å². The first kappa shape index (κ1) is 13.0. The van der Waals surface area contributed by atoms with Gasteiger partial charge in [-0.25, -0.2) is 0 Å². The van der Waals surface area contributed by atoms with Crippen LogP contribution in [0.3, 0.4) is 0 Å². The predicted molar refractivity (Wildman–Crippen MR) is 86.4 cm³/mol. The van der Waals surface area contributed by atoms with Crippen LogP contribution in [0.2, 0.25) is 0 Å². The van der Waals surface area contributed by atoms with Crippen LogP contribution in [0.4, 0.5) is 17.1 Å². The van der Waals surface area contributed by atoms with Gasteiger partial charge in [-0.15, -0.1) is 0 Å². The molecular formula is C17H17N3O2. The van der Waals surface area contributed by atoms with Crippen LogP contribution < -0.4 is 15.1 Å². The maximum absolute atomic E-state index is 11.8. The molecule has 0 saturated heterocycles. The van der Waals surface area contributed by atoms with Gasteiger partial charge < -0.3 is 20.2 Å². The van der Waals surface area contributed by atoms with Gasteiger partial charge in [-0.3, -0.25) is 4.79 Å². The second kappa shape index (κ2) is 4.40. The number of hydrogen-bond acceptors (Lipinski definition) is 4. The molecular weight excluding hydrogens is 278 g/mol. The second-order valence-corrected chi connectivity index (χ2v) is 5.88. The van der Waals surface area contributed by atoms with E-state index < -0.39 is 0 Å².